The Balaban J connectivity index is 1.25. The molecule has 2 aromatic carbocycles. The van der Waals surface area contributed by atoms with E-state index >= 15 is 0 Å². The SMILES string of the molecule is Nc1nccn2c1c(-c1cccc(OCc3ccccc3)c1)nc2[C@H]1C[C@@H](CN2CCCC2)C1. The monoisotopic (exact) mass is 453 g/mol. The van der Waals surface area contributed by atoms with Gasteiger partial charge in [0.25, 0.3) is 0 Å². The van der Waals surface area contributed by atoms with Crippen molar-refractivity contribution < 1.29 is 4.74 Å². The lowest BCUT2D eigenvalue weighted by atomic mass is 9.74. The van der Waals surface area contributed by atoms with Gasteiger partial charge in [-0.2, -0.15) is 0 Å². The third-order valence-corrected chi connectivity index (χ3v) is 7.28. The smallest absolute Gasteiger partial charge is 0.150 e. The fourth-order valence-electron chi connectivity index (χ4n) is 5.48. The van der Waals surface area contributed by atoms with Crippen molar-refractivity contribution in [3.63, 3.8) is 0 Å². The number of hydrogen-bond acceptors (Lipinski definition) is 5. The van der Waals surface area contributed by atoms with E-state index in [1.165, 1.54) is 45.3 Å². The van der Waals surface area contributed by atoms with E-state index in [-0.39, 0.29) is 0 Å². The molecule has 0 radical (unpaired) electrons. The van der Waals surface area contributed by atoms with E-state index in [1.807, 2.05) is 36.5 Å². The molecule has 6 heteroatoms. The number of imidazole rings is 1. The van der Waals surface area contributed by atoms with Crippen LogP contribution in [0.5, 0.6) is 5.75 Å². The third-order valence-electron chi connectivity index (χ3n) is 7.28. The van der Waals surface area contributed by atoms with E-state index in [0.717, 1.165) is 39.8 Å². The summed E-state index contributed by atoms with van der Waals surface area (Å²) in [7, 11) is 0. The number of benzene rings is 2. The summed E-state index contributed by atoms with van der Waals surface area (Å²) in [6.45, 7) is 4.30. The summed E-state index contributed by atoms with van der Waals surface area (Å²) < 4.78 is 8.23. The van der Waals surface area contributed by atoms with Crippen LogP contribution in [0.4, 0.5) is 5.82 Å². The number of hydrogen-bond donors (Lipinski definition) is 1. The average Bonchev–Trinajstić information content (AvgIpc) is 3.49. The van der Waals surface area contributed by atoms with Crippen LogP contribution in [0.15, 0.2) is 67.0 Å². The summed E-state index contributed by atoms with van der Waals surface area (Å²) in [5.74, 6) is 3.67. The molecule has 1 saturated heterocycles. The molecule has 0 bridgehead atoms. The summed E-state index contributed by atoms with van der Waals surface area (Å²) in [5.41, 5.74) is 10.3. The second-order valence-corrected chi connectivity index (χ2v) is 9.69. The average molecular weight is 454 g/mol. The normalized spacial score (nSPS) is 20.5. The molecular weight excluding hydrogens is 422 g/mol. The predicted octanol–water partition coefficient (Wildman–Crippen LogP) is 5.15. The molecule has 2 N–H and O–H groups in total. The Morgan fingerprint density at radius 1 is 1.00 bits per heavy atom. The van der Waals surface area contributed by atoms with E-state index in [4.69, 9.17) is 15.5 Å². The van der Waals surface area contributed by atoms with Gasteiger partial charge in [-0.25, -0.2) is 9.97 Å². The maximum atomic E-state index is 6.37. The molecule has 4 aromatic rings. The standard InChI is InChI=1S/C28H31N5O/c29-27-26-25(22-9-6-10-24(17-22)34-19-20-7-2-1-3-8-20)31-28(33(26)14-11-30-27)23-15-21(16-23)18-32-12-4-5-13-32/h1-3,6-11,14,17,21,23H,4-5,12-13,15-16,18-19H2,(H2,29,30)/t21-,23+. The summed E-state index contributed by atoms with van der Waals surface area (Å²) in [4.78, 5) is 12.1. The second-order valence-electron chi connectivity index (χ2n) is 9.69. The highest BCUT2D eigenvalue weighted by molar-refractivity contribution is 5.85. The van der Waals surface area contributed by atoms with E-state index in [0.29, 0.717) is 18.3 Å². The second kappa shape index (κ2) is 9.11. The first kappa shape index (κ1) is 21.2. The predicted molar refractivity (Wildman–Crippen MR) is 135 cm³/mol. The number of likely N-dealkylation sites (tertiary alicyclic amines) is 1. The number of nitrogens with zero attached hydrogens (tertiary/aromatic N) is 4. The van der Waals surface area contributed by atoms with Crippen molar-refractivity contribution >= 4 is 11.3 Å². The van der Waals surface area contributed by atoms with Gasteiger partial charge in [-0.15, -0.1) is 0 Å². The largest absolute Gasteiger partial charge is 0.489 e. The van der Waals surface area contributed by atoms with Crippen LogP contribution in [-0.4, -0.2) is 38.9 Å². The molecule has 2 aliphatic rings. The van der Waals surface area contributed by atoms with Crippen LogP contribution in [0.1, 0.15) is 43.0 Å². The lowest BCUT2D eigenvalue weighted by Crippen LogP contribution is -2.34. The molecule has 34 heavy (non-hydrogen) atoms. The van der Waals surface area contributed by atoms with Crippen LogP contribution >= 0.6 is 0 Å². The number of anilines is 1. The zero-order valence-electron chi connectivity index (χ0n) is 19.4. The number of ether oxygens (including phenoxy) is 1. The van der Waals surface area contributed by atoms with Gasteiger partial charge < -0.3 is 15.4 Å². The van der Waals surface area contributed by atoms with Crippen molar-refractivity contribution in [1.29, 1.82) is 0 Å². The zero-order chi connectivity index (χ0) is 22.9. The van der Waals surface area contributed by atoms with Gasteiger partial charge in [0.1, 0.15) is 35.2 Å². The minimum atomic E-state index is 0.466. The van der Waals surface area contributed by atoms with E-state index in [2.05, 4.69) is 38.6 Å². The molecule has 0 unspecified atom stereocenters. The van der Waals surface area contributed by atoms with Gasteiger partial charge in [-0.1, -0.05) is 42.5 Å². The van der Waals surface area contributed by atoms with E-state index < -0.39 is 0 Å². The number of rotatable bonds is 7. The van der Waals surface area contributed by atoms with Crippen molar-refractivity contribution in [2.24, 2.45) is 5.92 Å². The van der Waals surface area contributed by atoms with Crippen LogP contribution in [0.2, 0.25) is 0 Å². The Kier molecular flexibility index (Phi) is 5.67. The molecule has 6 nitrogen and oxygen atoms in total. The first-order chi connectivity index (χ1) is 16.7. The van der Waals surface area contributed by atoms with E-state index in [1.54, 1.807) is 6.20 Å². The highest BCUT2D eigenvalue weighted by atomic mass is 16.5. The van der Waals surface area contributed by atoms with Crippen molar-refractivity contribution in [3.05, 3.63) is 78.4 Å². The van der Waals surface area contributed by atoms with Gasteiger partial charge in [-0.05, 0) is 62.4 Å². The summed E-state index contributed by atoms with van der Waals surface area (Å²) >= 11 is 0. The van der Waals surface area contributed by atoms with Crippen LogP contribution < -0.4 is 10.5 Å². The molecule has 174 valence electrons. The van der Waals surface area contributed by atoms with Crippen LogP contribution in [0.25, 0.3) is 16.8 Å². The molecular formula is C28H31N5O. The lowest BCUT2D eigenvalue weighted by Gasteiger charge is -2.37. The van der Waals surface area contributed by atoms with Crippen molar-refractivity contribution in [2.75, 3.05) is 25.4 Å². The summed E-state index contributed by atoms with van der Waals surface area (Å²) in [6, 6.07) is 18.3. The van der Waals surface area contributed by atoms with E-state index in [9.17, 15) is 0 Å². The molecule has 1 saturated carbocycles. The molecule has 2 aromatic heterocycles. The van der Waals surface area contributed by atoms with Crippen molar-refractivity contribution in [2.45, 2.75) is 38.2 Å². The molecule has 1 aliphatic carbocycles. The Morgan fingerprint density at radius 3 is 2.65 bits per heavy atom. The van der Waals surface area contributed by atoms with Gasteiger partial charge in [0.2, 0.25) is 0 Å². The van der Waals surface area contributed by atoms with Crippen LogP contribution in [0.3, 0.4) is 0 Å². The number of nitrogens with two attached hydrogens (primary N) is 1. The van der Waals surface area contributed by atoms with Gasteiger partial charge in [-0.3, -0.25) is 4.40 Å². The lowest BCUT2D eigenvalue weighted by molar-refractivity contribution is 0.176. The summed E-state index contributed by atoms with van der Waals surface area (Å²) in [5, 5.41) is 0. The topological polar surface area (TPSA) is 68.7 Å². The molecule has 1 aliphatic heterocycles. The molecule has 2 fully saturated rings. The molecule has 0 atom stereocenters. The zero-order valence-corrected chi connectivity index (χ0v) is 19.4. The number of fused-ring (bicyclic) bond motifs is 1. The van der Waals surface area contributed by atoms with Gasteiger partial charge in [0, 0.05) is 30.4 Å². The highest BCUT2D eigenvalue weighted by Crippen LogP contribution is 2.43. The minimum Gasteiger partial charge on any atom is -0.489 e. The maximum Gasteiger partial charge on any atom is 0.150 e. The molecule has 0 amide bonds. The molecule has 0 spiro atoms. The fraction of sp³-hybridized carbons (Fsp3) is 0.357. The summed E-state index contributed by atoms with van der Waals surface area (Å²) in [6.07, 6.45) is 8.86. The number of aromatic nitrogens is 3. The maximum absolute atomic E-state index is 6.37. The Bertz CT molecular complexity index is 1270. The van der Waals surface area contributed by atoms with Gasteiger partial charge in [0.15, 0.2) is 0 Å². The Morgan fingerprint density at radius 2 is 1.82 bits per heavy atom. The van der Waals surface area contributed by atoms with Crippen LogP contribution in [0, 0.1) is 5.92 Å². The molecule has 3 heterocycles. The van der Waals surface area contributed by atoms with Gasteiger partial charge in [0.05, 0.1) is 0 Å². The Hall–Kier alpha value is -3.38. The van der Waals surface area contributed by atoms with Gasteiger partial charge >= 0.3 is 0 Å². The highest BCUT2D eigenvalue weighted by Gasteiger charge is 2.35. The minimum absolute atomic E-state index is 0.466. The quantitative estimate of drug-likeness (QED) is 0.419. The van der Waals surface area contributed by atoms with Crippen molar-refractivity contribution in [1.82, 2.24) is 19.3 Å². The molecule has 6 rings (SSSR count). The van der Waals surface area contributed by atoms with Crippen molar-refractivity contribution in [3.8, 4) is 17.0 Å². The number of nitrogen functional groups attached to an aromatic ring is 1. The van der Waals surface area contributed by atoms with Crippen LogP contribution in [-0.2, 0) is 6.61 Å². The fourth-order valence-corrected chi connectivity index (χ4v) is 5.48. The Labute approximate surface area is 200 Å². The first-order valence-electron chi connectivity index (χ1n) is 12.4. The third kappa shape index (κ3) is 4.14. The first-order valence-corrected chi connectivity index (χ1v) is 12.4.